The summed E-state index contributed by atoms with van der Waals surface area (Å²) in [6.45, 7) is 5.99. The number of hydrogen-bond donors (Lipinski definition) is 1. The van der Waals surface area contributed by atoms with Crippen molar-refractivity contribution >= 4 is 35.0 Å². The lowest BCUT2D eigenvalue weighted by molar-refractivity contribution is -0.121. The van der Waals surface area contributed by atoms with E-state index < -0.39 is 0 Å². The average Bonchev–Trinajstić information content (AvgIpc) is 2.86. The quantitative estimate of drug-likeness (QED) is 0.571. The van der Waals surface area contributed by atoms with E-state index in [1.165, 1.54) is 0 Å². The molecule has 0 atom stereocenters. The third kappa shape index (κ3) is 6.00. The smallest absolute Gasteiger partial charge is 0.237 e. The van der Waals surface area contributed by atoms with Gasteiger partial charge in [-0.2, -0.15) is 0 Å². The Morgan fingerprint density at radius 1 is 1.00 bits per heavy atom. The molecule has 4 rings (SSSR count). The second-order valence-corrected chi connectivity index (χ2v) is 9.27. The van der Waals surface area contributed by atoms with Crippen molar-refractivity contribution in [3.05, 3.63) is 48.5 Å². The van der Waals surface area contributed by atoms with Crippen LogP contribution in [0, 0.1) is 0 Å². The second-order valence-electron chi connectivity index (χ2n) is 8.26. The molecule has 176 valence electrons. The van der Waals surface area contributed by atoms with E-state index in [1.54, 1.807) is 23.8 Å². The van der Waals surface area contributed by atoms with Crippen LogP contribution < -0.4 is 19.9 Å². The first kappa shape index (κ1) is 23.4. The van der Waals surface area contributed by atoms with Crippen molar-refractivity contribution < 1.29 is 14.3 Å². The molecule has 2 aliphatic rings. The van der Waals surface area contributed by atoms with Gasteiger partial charge in [0.1, 0.15) is 5.75 Å². The summed E-state index contributed by atoms with van der Waals surface area (Å²) in [5.74, 6) is 1.42. The molecule has 0 spiro atoms. The largest absolute Gasteiger partial charge is 0.495 e. The number of ether oxygens (including phenoxy) is 1. The van der Waals surface area contributed by atoms with Crippen LogP contribution in [-0.2, 0) is 9.59 Å². The Bertz CT molecular complexity index is 962. The molecule has 2 aromatic rings. The Balaban J connectivity index is 1.13. The van der Waals surface area contributed by atoms with Crippen molar-refractivity contribution in [1.82, 2.24) is 10.2 Å². The number of nitrogens with one attached hydrogen (secondary N) is 1. The van der Waals surface area contributed by atoms with Gasteiger partial charge in [0, 0.05) is 50.6 Å². The fourth-order valence-electron chi connectivity index (χ4n) is 4.33. The summed E-state index contributed by atoms with van der Waals surface area (Å²) in [7, 11) is 1.71. The zero-order chi connectivity index (χ0) is 23.0. The highest BCUT2D eigenvalue weighted by molar-refractivity contribution is 8.00. The van der Waals surface area contributed by atoms with Crippen molar-refractivity contribution in [3.8, 4) is 5.75 Å². The maximum Gasteiger partial charge on any atom is 0.237 e. The summed E-state index contributed by atoms with van der Waals surface area (Å²) >= 11 is 1.56. The van der Waals surface area contributed by atoms with E-state index in [1.807, 2.05) is 42.5 Å². The summed E-state index contributed by atoms with van der Waals surface area (Å²) in [5, 5.41) is 3.01. The molecular formula is C25H32N4O3S. The molecule has 2 aromatic carbocycles. The number of methoxy groups -OCH3 is 1. The van der Waals surface area contributed by atoms with Gasteiger partial charge < -0.3 is 19.9 Å². The van der Waals surface area contributed by atoms with Gasteiger partial charge in [0.15, 0.2) is 0 Å². The zero-order valence-corrected chi connectivity index (χ0v) is 20.0. The molecule has 33 heavy (non-hydrogen) atoms. The Morgan fingerprint density at radius 2 is 1.73 bits per heavy atom. The molecule has 1 N–H and O–H groups in total. The minimum Gasteiger partial charge on any atom is -0.495 e. The highest BCUT2D eigenvalue weighted by Gasteiger charge is 2.24. The molecular weight excluding hydrogens is 436 g/mol. The van der Waals surface area contributed by atoms with Crippen molar-refractivity contribution in [2.45, 2.75) is 17.7 Å². The lowest BCUT2D eigenvalue weighted by atomic mass is 10.2. The van der Waals surface area contributed by atoms with Crippen LogP contribution in [0.5, 0.6) is 5.75 Å². The maximum atomic E-state index is 12.3. The summed E-state index contributed by atoms with van der Waals surface area (Å²) in [4.78, 5) is 32.3. The number of piperazine rings is 1. The van der Waals surface area contributed by atoms with Crippen molar-refractivity contribution in [1.29, 1.82) is 0 Å². The summed E-state index contributed by atoms with van der Waals surface area (Å²) in [6, 6.07) is 16.0. The van der Waals surface area contributed by atoms with Gasteiger partial charge >= 0.3 is 0 Å². The molecule has 2 aliphatic heterocycles. The van der Waals surface area contributed by atoms with Gasteiger partial charge in [-0.1, -0.05) is 24.3 Å². The van der Waals surface area contributed by atoms with E-state index >= 15 is 0 Å². The number of rotatable bonds is 9. The van der Waals surface area contributed by atoms with Gasteiger partial charge in [-0.05, 0) is 37.2 Å². The van der Waals surface area contributed by atoms with E-state index in [-0.39, 0.29) is 11.8 Å². The number of thioether (sulfide) groups is 1. The number of fused-ring (bicyclic) bond motifs is 1. The molecule has 0 unspecified atom stereocenters. The predicted octanol–water partition coefficient (Wildman–Crippen LogP) is 2.85. The van der Waals surface area contributed by atoms with Crippen LogP contribution in [0.15, 0.2) is 53.4 Å². The zero-order valence-electron chi connectivity index (χ0n) is 19.2. The Labute approximate surface area is 200 Å². The fourth-order valence-corrected chi connectivity index (χ4v) is 5.27. The number of carbonyl (C=O) groups is 2. The first-order valence-corrected chi connectivity index (χ1v) is 12.5. The van der Waals surface area contributed by atoms with Crippen LogP contribution in [0.3, 0.4) is 0 Å². The third-order valence-corrected chi connectivity index (χ3v) is 7.19. The maximum absolute atomic E-state index is 12.3. The van der Waals surface area contributed by atoms with Gasteiger partial charge in [-0.15, -0.1) is 11.8 Å². The monoisotopic (exact) mass is 468 g/mol. The van der Waals surface area contributed by atoms with E-state index in [9.17, 15) is 9.59 Å². The molecule has 0 bridgehead atoms. The molecule has 0 aliphatic carbocycles. The van der Waals surface area contributed by atoms with Crippen LogP contribution >= 0.6 is 11.8 Å². The molecule has 0 radical (unpaired) electrons. The van der Waals surface area contributed by atoms with Crippen molar-refractivity contribution in [3.63, 3.8) is 0 Å². The Kier molecular flexibility index (Phi) is 8.12. The molecule has 8 heteroatoms. The summed E-state index contributed by atoms with van der Waals surface area (Å²) in [5.41, 5.74) is 2.07. The first-order valence-electron chi connectivity index (χ1n) is 11.5. The van der Waals surface area contributed by atoms with Crippen LogP contribution in [0.2, 0.25) is 0 Å². The number of hydrogen-bond acceptors (Lipinski definition) is 6. The number of para-hydroxylation sites is 3. The number of amides is 2. The van der Waals surface area contributed by atoms with Crippen LogP contribution in [0.4, 0.5) is 11.4 Å². The molecule has 2 amide bonds. The summed E-state index contributed by atoms with van der Waals surface area (Å²) < 4.78 is 5.49. The predicted molar refractivity (Wildman–Crippen MR) is 133 cm³/mol. The van der Waals surface area contributed by atoms with Crippen molar-refractivity contribution in [2.75, 3.05) is 68.5 Å². The van der Waals surface area contributed by atoms with E-state index in [0.29, 0.717) is 25.3 Å². The third-order valence-electron chi connectivity index (χ3n) is 6.14. The SMILES string of the molecule is COc1ccccc1N1CCN(CCCNC(=O)CCN2C(=O)CSc3ccccc32)CC1. The van der Waals surface area contributed by atoms with E-state index in [2.05, 4.69) is 21.2 Å². The van der Waals surface area contributed by atoms with Gasteiger partial charge in [0.25, 0.3) is 0 Å². The minimum atomic E-state index is -0.000463. The van der Waals surface area contributed by atoms with Crippen LogP contribution in [0.25, 0.3) is 0 Å². The molecule has 0 aromatic heterocycles. The Hall–Kier alpha value is -2.71. The van der Waals surface area contributed by atoms with Gasteiger partial charge in [-0.3, -0.25) is 14.5 Å². The van der Waals surface area contributed by atoms with Crippen LogP contribution in [-0.4, -0.2) is 75.4 Å². The highest BCUT2D eigenvalue weighted by Crippen LogP contribution is 2.34. The fraction of sp³-hybridized carbons (Fsp3) is 0.440. The van der Waals surface area contributed by atoms with Crippen molar-refractivity contribution in [2.24, 2.45) is 0 Å². The number of benzene rings is 2. The molecule has 2 heterocycles. The lowest BCUT2D eigenvalue weighted by Gasteiger charge is -2.36. The number of anilines is 2. The number of carbonyl (C=O) groups excluding carboxylic acids is 2. The average molecular weight is 469 g/mol. The second kappa shape index (κ2) is 11.4. The van der Waals surface area contributed by atoms with Gasteiger partial charge in [0.2, 0.25) is 11.8 Å². The Morgan fingerprint density at radius 3 is 2.52 bits per heavy atom. The lowest BCUT2D eigenvalue weighted by Crippen LogP contribution is -2.47. The molecule has 1 saturated heterocycles. The molecule has 7 nitrogen and oxygen atoms in total. The van der Waals surface area contributed by atoms with Gasteiger partial charge in [0.05, 0.1) is 24.2 Å². The topological polar surface area (TPSA) is 65.1 Å². The minimum absolute atomic E-state index is 0.000463. The van der Waals surface area contributed by atoms with Crippen LogP contribution in [0.1, 0.15) is 12.8 Å². The van der Waals surface area contributed by atoms with E-state index in [0.717, 1.165) is 61.2 Å². The molecule has 0 saturated carbocycles. The van der Waals surface area contributed by atoms with Gasteiger partial charge in [-0.25, -0.2) is 0 Å². The first-order chi connectivity index (χ1) is 16.2. The molecule has 1 fully saturated rings. The number of nitrogens with zero attached hydrogens (tertiary/aromatic N) is 3. The summed E-state index contributed by atoms with van der Waals surface area (Å²) in [6.07, 6.45) is 1.24. The normalized spacial score (nSPS) is 16.5. The standard InChI is InChI=1S/C25H32N4O3S/c1-32-22-9-4-2-7-20(22)28-17-15-27(16-18-28)13-6-12-26-24(30)11-14-29-21-8-3-5-10-23(21)33-19-25(29)31/h2-5,7-10H,6,11-19H2,1H3,(H,26,30). The van der Waals surface area contributed by atoms with E-state index in [4.69, 9.17) is 4.74 Å². The highest BCUT2D eigenvalue weighted by atomic mass is 32.2.